The van der Waals surface area contributed by atoms with Crippen molar-refractivity contribution in [3.8, 4) is 5.75 Å². The predicted molar refractivity (Wildman–Crippen MR) is 82.9 cm³/mol. The highest BCUT2D eigenvalue weighted by molar-refractivity contribution is 5.78. The minimum Gasteiger partial charge on any atom is -0.494 e. The Morgan fingerprint density at radius 3 is 2.90 bits per heavy atom. The highest BCUT2D eigenvalue weighted by atomic mass is 16.5. The third-order valence-corrected chi connectivity index (χ3v) is 3.60. The van der Waals surface area contributed by atoms with Crippen LogP contribution >= 0.6 is 0 Å². The molecule has 0 radical (unpaired) electrons. The summed E-state index contributed by atoms with van der Waals surface area (Å²) in [6.07, 6.45) is 6.34. The quantitative estimate of drug-likeness (QED) is 0.641. The Labute approximate surface area is 121 Å². The fourth-order valence-electron chi connectivity index (χ4n) is 2.58. The van der Waals surface area contributed by atoms with E-state index in [2.05, 4.69) is 10.3 Å². The standard InChI is InChI=1S/C16H25N3O/c1-2-20-15-10-6-7-13(11-15)12-18-16(17)19-14-8-4-3-5-9-14/h6-7,10-11,14H,2-5,8-9,12H2,1H3,(H3,17,18,19). The van der Waals surface area contributed by atoms with Crippen molar-refractivity contribution in [2.75, 3.05) is 6.61 Å². The molecular formula is C16H25N3O. The molecule has 0 atom stereocenters. The minimum absolute atomic E-state index is 0.502. The van der Waals surface area contributed by atoms with Gasteiger partial charge in [0, 0.05) is 6.04 Å². The van der Waals surface area contributed by atoms with E-state index in [1.807, 2.05) is 31.2 Å². The van der Waals surface area contributed by atoms with Gasteiger partial charge in [-0.15, -0.1) is 0 Å². The molecule has 0 bridgehead atoms. The monoisotopic (exact) mass is 275 g/mol. The van der Waals surface area contributed by atoms with E-state index < -0.39 is 0 Å². The van der Waals surface area contributed by atoms with E-state index in [4.69, 9.17) is 10.5 Å². The van der Waals surface area contributed by atoms with Crippen LogP contribution < -0.4 is 15.8 Å². The molecular weight excluding hydrogens is 250 g/mol. The van der Waals surface area contributed by atoms with Gasteiger partial charge in [0.1, 0.15) is 5.75 Å². The van der Waals surface area contributed by atoms with Gasteiger partial charge >= 0.3 is 0 Å². The van der Waals surface area contributed by atoms with Gasteiger partial charge in [-0.2, -0.15) is 0 Å². The van der Waals surface area contributed by atoms with Gasteiger partial charge in [-0.25, -0.2) is 4.99 Å². The van der Waals surface area contributed by atoms with Crippen molar-refractivity contribution in [3.05, 3.63) is 29.8 Å². The van der Waals surface area contributed by atoms with Crippen molar-refractivity contribution in [2.45, 2.75) is 51.6 Å². The second kappa shape index (κ2) is 7.78. The van der Waals surface area contributed by atoms with E-state index >= 15 is 0 Å². The van der Waals surface area contributed by atoms with Crippen LogP contribution in [0.4, 0.5) is 0 Å². The molecule has 1 saturated carbocycles. The maximum absolute atomic E-state index is 5.96. The van der Waals surface area contributed by atoms with Gasteiger partial charge in [0.05, 0.1) is 13.2 Å². The average Bonchev–Trinajstić information content (AvgIpc) is 2.47. The number of nitrogens with one attached hydrogen (secondary N) is 1. The molecule has 3 N–H and O–H groups in total. The third-order valence-electron chi connectivity index (χ3n) is 3.60. The summed E-state index contributed by atoms with van der Waals surface area (Å²) >= 11 is 0. The molecule has 1 aromatic rings. The van der Waals surface area contributed by atoms with Crippen molar-refractivity contribution < 1.29 is 4.74 Å². The Hall–Kier alpha value is -1.71. The molecule has 1 fully saturated rings. The van der Waals surface area contributed by atoms with Crippen molar-refractivity contribution in [3.63, 3.8) is 0 Å². The molecule has 0 heterocycles. The smallest absolute Gasteiger partial charge is 0.189 e. The highest BCUT2D eigenvalue weighted by Crippen LogP contribution is 2.17. The lowest BCUT2D eigenvalue weighted by Gasteiger charge is -2.23. The Kier molecular flexibility index (Phi) is 5.71. The zero-order valence-corrected chi connectivity index (χ0v) is 12.3. The first-order chi connectivity index (χ1) is 9.78. The molecule has 1 aliphatic carbocycles. The Balaban J connectivity index is 1.85. The molecule has 0 spiro atoms. The van der Waals surface area contributed by atoms with Gasteiger partial charge in [-0.05, 0) is 37.5 Å². The van der Waals surface area contributed by atoms with Crippen molar-refractivity contribution in [2.24, 2.45) is 10.7 Å². The summed E-state index contributed by atoms with van der Waals surface area (Å²) in [7, 11) is 0. The first-order valence-electron chi connectivity index (χ1n) is 7.56. The molecule has 0 aliphatic heterocycles. The number of benzene rings is 1. The Bertz CT molecular complexity index is 439. The van der Waals surface area contributed by atoms with E-state index in [0.717, 1.165) is 11.3 Å². The fraction of sp³-hybridized carbons (Fsp3) is 0.562. The molecule has 0 saturated heterocycles. The summed E-state index contributed by atoms with van der Waals surface area (Å²) in [6, 6.07) is 8.50. The van der Waals surface area contributed by atoms with E-state index in [9.17, 15) is 0 Å². The second-order valence-electron chi connectivity index (χ2n) is 5.26. The largest absolute Gasteiger partial charge is 0.494 e. The number of ether oxygens (including phenoxy) is 1. The van der Waals surface area contributed by atoms with Crippen molar-refractivity contribution >= 4 is 5.96 Å². The Morgan fingerprint density at radius 2 is 2.15 bits per heavy atom. The SMILES string of the molecule is CCOc1cccc(CN=C(N)NC2CCCCC2)c1. The predicted octanol–water partition coefficient (Wildman–Crippen LogP) is 2.82. The van der Waals surface area contributed by atoms with Gasteiger partial charge in [-0.3, -0.25) is 0 Å². The zero-order valence-electron chi connectivity index (χ0n) is 12.3. The molecule has 4 nitrogen and oxygen atoms in total. The van der Waals surface area contributed by atoms with Gasteiger partial charge < -0.3 is 15.8 Å². The zero-order chi connectivity index (χ0) is 14.2. The molecule has 4 heteroatoms. The van der Waals surface area contributed by atoms with Crippen LogP contribution in [-0.4, -0.2) is 18.6 Å². The third kappa shape index (κ3) is 4.76. The number of guanidine groups is 1. The molecule has 0 amide bonds. The summed E-state index contributed by atoms with van der Waals surface area (Å²) < 4.78 is 5.48. The number of nitrogens with two attached hydrogens (primary N) is 1. The van der Waals surface area contributed by atoms with E-state index in [1.54, 1.807) is 0 Å². The lowest BCUT2D eigenvalue weighted by molar-refractivity contribution is 0.340. The molecule has 1 aliphatic rings. The summed E-state index contributed by atoms with van der Waals surface area (Å²) in [4.78, 5) is 4.42. The lowest BCUT2D eigenvalue weighted by Crippen LogP contribution is -2.41. The molecule has 110 valence electrons. The summed E-state index contributed by atoms with van der Waals surface area (Å²) in [5.41, 5.74) is 7.07. The molecule has 0 aromatic heterocycles. The maximum atomic E-state index is 5.96. The van der Waals surface area contributed by atoms with E-state index in [1.165, 1.54) is 32.1 Å². The van der Waals surface area contributed by atoms with Gasteiger partial charge in [0.2, 0.25) is 0 Å². The summed E-state index contributed by atoms with van der Waals surface area (Å²) in [6.45, 7) is 3.25. The number of rotatable bonds is 5. The topological polar surface area (TPSA) is 59.6 Å². The molecule has 1 aromatic carbocycles. The number of hydrogen-bond donors (Lipinski definition) is 2. The maximum Gasteiger partial charge on any atom is 0.189 e. The molecule has 20 heavy (non-hydrogen) atoms. The fourth-order valence-corrected chi connectivity index (χ4v) is 2.58. The lowest BCUT2D eigenvalue weighted by atomic mass is 9.96. The van der Waals surface area contributed by atoms with Crippen LogP contribution in [0.2, 0.25) is 0 Å². The minimum atomic E-state index is 0.502. The van der Waals surface area contributed by atoms with Crippen LogP contribution in [0.15, 0.2) is 29.3 Å². The normalized spacial score (nSPS) is 16.9. The first-order valence-corrected chi connectivity index (χ1v) is 7.56. The first kappa shape index (κ1) is 14.7. The van der Waals surface area contributed by atoms with E-state index in [-0.39, 0.29) is 0 Å². The van der Waals surface area contributed by atoms with Crippen molar-refractivity contribution in [1.29, 1.82) is 0 Å². The molecule has 0 unspecified atom stereocenters. The summed E-state index contributed by atoms with van der Waals surface area (Å²) in [5, 5.41) is 3.33. The number of hydrogen-bond acceptors (Lipinski definition) is 2. The van der Waals surface area contributed by atoms with Crippen molar-refractivity contribution in [1.82, 2.24) is 5.32 Å². The second-order valence-corrected chi connectivity index (χ2v) is 5.26. The molecule has 2 rings (SSSR count). The van der Waals surface area contributed by atoms with Crippen LogP contribution in [0.5, 0.6) is 5.75 Å². The van der Waals surface area contributed by atoms with Gasteiger partial charge in [0.15, 0.2) is 5.96 Å². The van der Waals surface area contributed by atoms with Crippen LogP contribution in [0.25, 0.3) is 0 Å². The van der Waals surface area contributed by atoms with Crippen LogP contribution in [0.1, 0.15) is 44.6 Å². The summed E-state index contributed by atoms with van der Waals surface area (Å²) in [5.74, 6) is 1.44. The van der Waals surface area contributed by atoms with Gasteiger partial charge in [-0.1, -0.05) is 31.4 Å². The average molecular weight is 275 g/mol. The number of nitrogens with zero attached hydrogens (tertiary/aromatic N) is 1. The number of aliphatic imine (C=N–C) groups is 1. The van der Waals surface area contributed by atoms with Crippen LogP contribution in [0.3, 0.4) is 0 Å². The van der Waals surface area contributed by atoms with Gasteiger partial charge in [0.25, 0.3) is 0 Å². The van der Waals surface area contributed by atoms with Crippen LogP contribution in [0, 0.1) is 0 Å². The Morgan fingerprint density at radius 1 is 1.35 bits per heavy atom. The van der Waals surface area contributed by atoms with E-state index in [0.29, 0.717) is 25.2 Å². The highest BCUT2D eigenvalue weighted by Gasteiger charge is 2.13. The van der Waals surface area contributed by atoms with Crippen LogP contribution in [-0.2, 0) is 6.54 Å².